The molecule has 1 saturated heterocycles. The molecule has 0 bridgehead atoms. The lowest BCUT2D eigenvalue weighted by Crippen LogP contribution is -2.20. The number of alkyl halides is 3. The molecule has 134 valence electrons. The molecule has 4 rings (SSSR count). The number of hydrogen-bond acceptors (Lipinski definition) is 6. The highest BCUT2D eigenvalue weighted by atomic mass is 19.4. The van der Waals surface area contributed by atoms with Gasteiger partial charge in [-0.25, -0.2) is 4.98 Å². The van der Waals surface area contributed by atoms with Gasteiger partial charge in [0.1, 0.15) is 11.9 Å². The summed E-state index contributed by atoms with van der Waals surface area (Å²) in [6, 6.07) is 2.17. The molecular weight excluding hydrogens is 337 g/mol. The summed E-state index contributed by atoms with van der Waals surface area (Å²) >= 11 is 0. The summed E-state index contributed by atoms with van der Waals surface area (Å²) in [6.07, 6.45) is -0.735. The van der Waals surface area contributed by atoms with Crippen LogP contribution in [0.1, 0.15) is 55.0 Å². The van der Waals surface area contributed by atoms with Crippen LogP contribution in [-0.2, 0) is 10.9 Å². The number of aromatic nitrogens is 5. The summed E-state index contributed by atoms with van der Waals surface area (Å²) in [5.41, 5.74) is -1.01. The minimum absolute atomic E-state index is 0.0661. The quantitative estimate of drug-likeness (QED) is 0.858. The third-order valence-electron chi connectivity index (χ3n) is 4.34. The van der Waals surface area contributed by atoms with Gasteiger partial charge >= 0.3 is 6.18 Å². The molecule has 2 aromatic heterocycles. The second kappa shape index (κ2) is 6.25. The molecule has 3 heterocycles. The molecule has 1 saturated carbocycles. The summed E-state index contributed by atoms with van der Waals surface area (Å²) in [5.74, 6) is 2.39. The molecule has 1 aliphatic carbocycles. The standard InChI is InChI=1S/C15H17F3N6O/c16-15(17,18)11-5-6-12(22-21-11)19-7-9-3-4-10(25-9)14-20-13(23-24-14)8-1-2-8/h5-6,8-10H,1-4,7H2,(H,19,22)(H,20,23,24)/t9-,10+/m1/s1. The molecule has 2 N–H and O–H groups in total. The van der Waals surface area contributed by atoms with Gasteiger partial charge < -0.3 is 10.1 Å². The van der Waals surface area contributed by atoms with E-state index in [9.17, 15) is 13.2 Å². The van der Waals surface area contributed by atoms with Crippen LogP contribution >= 0.6 is 0 Å². The normalized spacial score (nSPS) is 23.8. The topological polar surface area (TPSA) is 88.6 Å². The molecule has 10 heteroatoms. The molecule has 7 nitrogen and oxygen atoms in total. The Hall–Kier alpha value is -2.23. The Bertz CT molecular complexity index is 728. The first kappa shape index (κ1) is 16.2. The van der Waals surface area contributed by atoms with E-state index in [0.29, 0.717) is 12.5 Å². The van der Waals surface area contributed by atoms with Crippen LogP contribution in [0.4, 0.5) is 19.0 Å². The second-order valence-corrected chi connectivity index (χ2v) is 6.36. The predicted octanol–water partition coefficient (Wildman–Crippen LogP) is 2.82. The first-order valence-electron chi connectivity index (χ1n) is 8.21. The van der Waals surface area contributed by atoms with Crippen LogP contribution in [0, 0.1) is 0 Å². The summed E-state index contributed by atoms with van der Waals surface area (Å²) in [7, 11) is 0. The molecule has 0 amide bonds. The van der Waals surface area contributed by atoms with Gasteiger partial charge in [0.2, 0.25) is 0 Å². The van der Waals surface area contributed by atoms with Crippen molar-refractivity contribution in [2.24, 2.45) is 0 Å². The van der Waals surface area contributed by atoms with Gasteiger partial charge in [0.05, 0.1) is 6.10 Å². The zero-order valence-corrected chi connectivity index (χ0v) is 13.3. The van der Waals surface area contributed by atoms with Gasteiger partial charge in [0.15, 0.2) is 17.3 Å². The van der Waals surface area contributed by atoms with Gasteiger partial charge in [-0.15, -0.1) is 10.2 Å². The Balaban J connectivity index is 1.29. The number of ether oxygens (including phenoxy) is 1. The van der Waals surface area contributed by atoms with Crippen LogP contribution in [0.15, 0.2) is 12.1 Å². The number of nitrogens with zero attached hydrogens (tertiary/aromatic N) is 4. The molecule has 0 radical (unpaired) electrons. The third kappa shape index (κ3) is 3.73. The number of halogens is 3. The Morgan fingerprint density at radius 1 is 1.16 bits per heavy atom. The smallest absolute Gasteiger partial charge is 0.366 e. The Kier molecular flexibility index (Phi) is 4.06. The number of hydrogen-bond donors (Lipinski definition) is 2. The van der Waals surface area contributed by atoms with Gasteiger partial charge in [0, 0.05) is 12.5 Å². The molecule has 1 aliphatic heterocycles. The predicted molar refractivity (Wildman–Crippen MR) is 80.7 cm³/mol. The van der Waals surface area contributed by atoms with Gasteiger partial charge in [0.25, 0.3) is 0 Å². The van der Waals surface area contributed by atoms with Crippen molar-refractivity contribution in [3.63, 3.8) is 0 Å². The minimum Gasteiger partial charge on any atom is -0.366 e. The van der Waals surface area contributed by atoms with Crippen LogP contribution in [0.5, 0.6) is 0 Å². The molecular formula is C15H17F3N6O. The van der Waals surface area contributed by atoms with Crippen molar-refractivity contribution in [3.8, 4) is 0 Å². The first-order valence-corrected chi connectivity index (χ1v) is 8.21. The maximum Gasteiger partial charge on any atom is 0.435 e. The fourth-order valence-electron chi connectivity index (χ4n) is 2.81. The molecule has 0 unspecified atom stereocenters. The number of nitrogens with one attached hydrogen (secondary N) is 2. The van der Waals surface area contributed by atoms with Crippen LogP contribution in [0.3, 0.4) is 0 Å². The van der Waals surface area contributed by atoms with E-state index in [1.807, 2.05) is 0 Å². The van der Waals surface area contributed by atoms with Crippen LogP contribution in [0.2, 0.25) is 0 Å². The van der Waals surface area contributed by atoms with E-state index in [2.05, 4.69) is 30.7 Å². The third-order valence-corrected chi connectivity index (χ3v) is 4.34. The second-order valence-electron chi connectivity index (χ2n) is 6.36. The summed E-state index contributed by atoms with van der Waals surface area (Å²) in [5, 5.41) is 16.9. The van der Waals surface area contributed by atoms with Crippen molar-refractivity contribution in [2.45, 2.75) is 50.0 Å². The maximum absolute atomic E-state index is 12.5. The number of anilines is 1. The van der Waals surface area contributed by atoms with Gasteiger partial charge in [-0.1, -0.05) is 0 Å². The number of rotatable bonds is 5. The van der Waals surface area contributed by atoms with Crippen molar-refractivity contribution >= 4 is 5.82 Å². The van der Waals surface area contributed by atoms with E-state index in [-0.39, 0.29) is 18.0 Å². The highest BCUT2D eigenvalue weighted by Gasteiger charge is 2.34. The van der Waals surface area contributed by atoms with Crippen LogP contribution < -0.4 is 5.32 Å². The zero-order valence-electron chi connectivity index (χ0n) is 13.3. The highest BCUT2D eigenvalue weighted by Crippen LogP contribution is 2.39. The summed E-state index contributed by atoms with van der Waals surface area (Å²) in [4.78, 5) is 4.50. The SMILES string of the molecule is FC(F)(F)c1ccc(NC[C@H]2CC[C@@H](c3nc(C4CC4)n[nH]3)O2)nn1. The van der Waals surface area contributed by atoms with E-state index < -0.39 is 11.9 Å². The van der Waals surface area contributed by atoms with Crippen LogP contribution in [0.25, 0.3) is 0 Å². The number of H-pyrrole nitrogens is 1. The van der Waals surface area contributed by atoms with E-state index in [1.165, 1.54) is 6.07 Å². The van der Waals surface area contributed by atoms with Crippen molar-refractivity contribution in [1.82, 2.24) is 25.4 Å². The average molecular weight is 354 g/mol. The van der Waals surface area contributed by atoms with E-state index in [4.69, 9.17) is 4.74 Å². The molecule has 25 heavy (non-hydrogen) atoms. The Morgan fingerprint density at radius 3 is 2.68 bits per heavy atom. The zero-order chi connectivity index (χ0) is 17.4. The lowest BCUT2D eigenvalue weighted by Gasteiger charge is -2.13. The molecule has 0 aromatic carbocycles. The van der Waals surface area contributed by atoms with Gasteiger partial charge in [-0.05, 0) is 37.8 Å². The van der Waals surface area contributed by atoms with Crippen molar-refractivity contribution in [2.75, 3.05) is 11.9 Å². The monoisotopic (exact) mass is 354 g/mol. The van der Waals surface area contributed by atoms with Crippen molar-refractivity contribution in [1.29, 1.82) is 0 Å². The van der Waals surface area contributed by atoms with E-state index >= 15 is 0 Å². The van der Waals surface area contributed by atoms with Crippen molar-refractivity contribution < 1.29 is 17.9 Å². The maximum atomic E-state index is 12.5. The van der Waals surface area contributed by atoms with Gasteiger partial charge in [-0.3, -0.25) is 5.10 Å². The molecule has 2 aliphatic rings. The Morgan fingerprint density at radius 2 is 2.00 bits per heavy atom. The fourth-order valence-corrected chi connectivity index (χ4v) is 2.81. The van der Waals surface area contributed by atoms with E-state index in [0.717, 1.165) is 43.4 Å². The minimum atomic E-state index is -4.48. The lowest BCUT2D eigenvalue weighted by atomic mass is 10.2. The lowest BCUT2D eigenvalue weighted by molar-refractivity contribution is -0.141. The molecule has 0 spiro atoms. The first-order chi connectivity index (χ1) is 12.0. The van der Waals surface area contributed by atoms with Gasteiger partial charge in [-0.2, -0.15) is 18.3 Å². The molecule has 2 fully saturated rings. The highest BCUT2D eigenvalue weighted by molar-refractivity contribution is 5.33. The van der Waals surface area contributed by atoms with E-state index in [1.54, 1.807) is 0 Å². The average Bonchev–Trinajstić information content (AvgIpc) is 3.13. The molecule has 2 atom stereocenters. The summed E-state index contributed by atoms with van der Waals surface area (Å²) < 4.78 is 43.3. The molecule has 2 aromatic rings. The Labute approximate surface area is 141 Å². The summed E-state index contributed by atoms with van der Waals surface area (Å²) in [6.45, 7) is 0.445. The largest absolute Gasteiger partial charge is 0.435 e. The number of aromatic amines is 1. The van der Waals surface area contributed by atoms with Crippen LogP contribution in [-0.4, -0.2) is 38.0 Å². The fraction of sp³-hybridized carbons (Fsp3) is 0.600. The van der Waals surface area contributed by atoms with Crippen molar-refractivity contribution in [3.05, 3.63) is 29.5 Å².